The van der Waals surface area contributed by atoms with Gasteiger partial charge in [0.05, 0.1) is 5.69 Å². The number of hydrogen-bond acceptors (Lipinski definition) is 4. The average molecular weight is 293 g/mol. The lowest BCUT2D eigenvalue weighted by Crippen LogP contribution is -2.27. The number of thiazole rings is 1. The van der Waals surface area contributed by atoms with Crippen LogP contribution >= 0.6 is 11.3 Å². The molecule has 4 heteroatoms. The summed E-state index contributed by atoms with van der Waals surface area (Å²) in [5, 5.41) is 4.57. The SMILES string of the molecule is CNCc1sc(N(CC2CC2)CC2CC2)nc1C(C)C. The zero-order chi connectivity index (χ0) is 14.1. The van der Waals surface area contributed by atoms with E-state index in [2.05, 4.69) is 24.1 Å². The molecule has 0 amide bonds. The zero-order valence-electron chi connectivity index (χ0n) is 13.0. The van der Waals surface area contributed by atoms with Crippen molar-refractivity contribution < 1.29 is 0 Å². The molecule has 0 atom stereocenters. The van der Waals surface area contributed by atoms with Crippen LogP contribution in [0.5, 0.6) is 0 Å². The Hall–Kier alpha value is -0.610. The normalized spacial score (nSPS) is 18.8. The van der Waals surface area contributed by atoms with E-state index in [4.69, 9.17) is 4.98 Å². The molecule has 0 saturated heterocycles. The Labute approximate surface area is 126 Å². The molecule has 1 aromatic rings. The first-order valence-electron chi connectivity index (χ1n) is 8.06. The van der Waals surface area contributed by atoms with E-state index in [0.29, 0.717) is 5.92 Å². The van der Waals surface area contributed by atoms with Gasteiger partial charge in [-0.25, -0.2) is 4.98 Å². The molecule has 1 heterocycles. The number of rotatable bonds is 8. The molecule has 1 N–H and O–H groups in total. The van der Waals surface area contributed by atoms with Crippen LogP contribution in [0.4, 0.5) is 5.13 Å². The Kier molecular flexibility index (Phi) is 4.32. The summed E-state index contributed by atoms with van der Waals surface area (Å²) in [6.07, 6.45) is 5.69. The van der Waals surface area contributed by atoms with E-state index in [1.807, 2.05) is 18.4 Å². The Bertz CT molecular complexity index is 433. The first-order valence-corrected chi connectivity index (χ1v) is 8.88. The lowest BCUT2D eigenvalue weighted by atomic mass is 10.1. The largest absolute Gasteiger partial charge is 0.348 e. The molecule has 2 aliphatic carbocycles. The number of aromatic nitrogens is 1. The van der Waals surface area contributed by atoms with Gasteiger partial charge >= 0.3 is 0 Å². The Morgan fingerprint density at radius 3 is 2.25 bits per heavy atom. The maximum Gasteiger partial charge on any atom is 0.185 e. The van der Waals surface area contributed by atoms with Crippen molar-refractivity contribution in [2.45, 2.75) is 52.0 Å². The summed E-state index contributed by atoms with van der Waals surface area (Å²) in [6, 6.07) is 0. The van der Waals surface area contributed by atoms with E-state index < -0.39 is 0 Å². The fourth-order valence-corrected chi connectivity index (χ4v) is 3.92. The second-order valence-corrected chi connectivity index (χ2v) is 7.84. The molecule has 2 saturated carbocycles. The third kappa shape index (κ3) is 3.53. The fraction of sp³-hybridized carbons (Fsp3) is 0.812. The number of anilines is 1. The molecule has 112 valence electrons. The molecule has 2 fully saturated rings. The maximum atomic E-state index is 4.99. The van der Waals surface area contributed by atoms with Crippen LogP contribution in [-0.4, -0.2) is 25.1 Å². The highest BCUT2D eigenvalue weighted by Crippen LogP contribution is 2.38. The van der Waals surface area contributed by atoms with Gasteiger partial charge in [0.2, 0.25) is 0 Å². The Balaban J connectivity index is 1.78. The van der Waals surface area contributed by atoms with E-state index in [-0.39, 0.29) is 0 Å². The molecule has 0 bridgehead atoms. The molecule has 20 heavy (non-hydrogen) atoms. The van der Waals surface area contributed by atoms with E-state index in [9.17, 15) is 0 Å². The highest BCUT2D eigenvalue weighted by Gasteiger charge is 2.31. The van der Waals surface area contributed by atoms with E-state index in [1.54, 1.807) is 0 Å². The minimum absolute atomic E-state index is 0.520. The molecule has 3 rings (SSSR count). The van der Waals surface area contributed by atoms with Gasteiger partial charge in [0.25, 0.3) is 0 Å². The van der Waals surface area contributed by atoms with Crippen molar-refractivity contribution in [3.8, 4) is 0 Å². The van der Waals surface area contributed by atoms with Crippen molar-refractivity contribution in [1.82, 2.24) is 10.3 Å². The van der Waals surface area contributed by atoms with Gasteiger partial charge in [-0.15, -0.1) is 11.3 Å². The molecule has 0 aromatic carbocycles. The quantitative estimate of drug-likeness (QED) is 0.793. The van der Waals surface area contributed by atoms with Crippen LogP contribution in [0.15, 0.2) is 0 Å². The highest BCUT2D eigenvalue weighted by atomic mass is 32.1. The van der Waals surface area contributed by atoms with Crippen LogP contribution in [0.2, 0.25) is 0 Å². The summed E-state index contributed by atoms with van der Waals surface area (Å²) in [6.45, 7) is 7.93. The summed E-state index contributed by atoms with van der Waals surface area (Å²) in [4.78, 5) is 9.01. The second kappa shape index (κ2) is 6.02. The Morgan fingerprint density at radius 1 is 1.20 bits per heavy atom. The standard InChI is InChI=1S/C16H27N3S/c1-11(2)15-14(8-17-3)20-16(18-15)19(9-12-4-5-12)10-13-6-7-13/h11-13,17H,4-10H2,1-3H3. The third-order valence-electron chi connectivity index (χ3n) is 4.22. The highest BCUT2D eigenvalue weighted by molar-refractivity contribution is 7.15. The molecule has 0 spiro atoms. The number of hydrogen-bond donors (Lipinski definition) is 1. The summed E-state index contributed by atoms with van der Waals surface area (Å²) >= 11 is 1.91. The van der Waals surface area contributed by atoms with Crippen LogP contribution < -0.4 is 10.2 Å². The van der Waals surface area contributed by atoms with Gasteiger partial charge in [0, 0.05) is 24.5 Å². The molecular weight excluding hydrogens is 266 g/mol. The molecule has 3 nitrogen and oxygen atoms in total. The van der Waals surface area contributed by atoms with Crippen molar-refractivity contribution in [3.05, 3.63) is 10.6 Å². The van der Waals surface area contributed by atoms with Gasteiger partial charge in [-0.1, -0.05) is 13.8 Å². The second-order valence-electron chi connectivity index (χ2n) is 6.78. The van der Waals surface area contributed by atoms with Gasteiger partial charge in [0.15, 0.2) is 5.13 Å². The molecular formula is C16H27N3S. The van der Waals surface area contributed by atoms with Crippen molar-refractivity contribution in [3.63, 3.8) is 0 Å². The van der Waals surface area contributed by atoms with Crippen LogP contribution in [-0.2, 0) is 6.54 Å². The van der Waals surface area contributed by atoms with Crippen LogP contribution in [0, 0.1) is 11.8 Å². The van der Waals surface area contributed by atoms with Gasteiger partial charge in [-0.2, -0.15) is 0 Å². The predicted molar refractivity (Wildman–Crippen MR) is 86.6 cm³/mol. The van der Waals surface area contributed by atoms with Crippen LogP contribution in [0.3, 0.4) is 0 Å². The van der Waals surface area contributed by atoms with Gasteiger partial charge in [-0.05, 0) is 50.5 Å². The topological polar surface area (TPSA) is 28.2 Å². The maximum absolute atomic E-state index is 4.99. The fourth-order valence-electron chi connectivity index (χ4n) is 2.68. The zero-order valence-corrected chi connectivity index (χ0v) is 13.8. The van der Waals surface area contributed by atoms with Gasteiger partial charge in [0.1, 0.15) is 0 Å². The minimum Gasteiger partial charge on any atom is -0.348 e. The van der Waals surface area contributed by atoms with Gasteiger partial charge in [-0.3, -0.25) is 0 Å². The predicted octanol–water partition coefficient (Wildman–Crippen LogP) is 3.61. The summed E-state index contributed by atoms with van der Waals surface area (Å²) in [5.41, 5.74) is 1.30. The monoisotopic (exact) mass is 293 g/mol. The number of nitrogens with zero attached hydrogens (tertiary/aromatic N) is 2. The summed E-state index contributed by atoms with van der Waals surface area (Å²) in [5.74, 6) is 2.40. The van der Waals surface area contributed by atoms with Crippen molar-refractivity contribution in [1.29, 1.82) is 0 Å². The number of nitrogens with one attached hydrogen (secondary N) is 1. The smallest absolute Gasteiger partial charge is 0.185 e. The van der Waals surface area contributed by atoms with E-state index >= 15 is 0 Å². The average Bonchev–Trinajstić information content (AvgIpc) is 3.32. The molecule has 0 unspecified atom stereocenters. The van der Waals surface area contributed by atoms with Crippen LogP contribution in [0.1, 0.15) is 56.0 Å². The van der Waals surface area contributed by atoms with E-state index in [1.165, 1.54) is 54.5 Å². The van der Waals surface area contributed by atoms with E-state index in [0.717, 1.165) is 18.4 Å². The molecule has 2 aliphatic rings. The first-order chi connectivity index (χ1) is 9.67. The van der Waals surface area contributed by atoms with Crippen molar-refractivity contribution in [2.75, 3.05) is 25.0 Å². The summed E-state index contributed by atoms with van der Waals surface area (Å²) in [7, 11) is 2.02. The van der Waals surface area contributed by atoms with Crippen molar-refractivity contribution in [2.24, 2.45) is 11.8 Å². The van der Waals surface area contributed by atoms with Gasteiger partial charge < -0.3 is 10.2 Å². The molecule has 0 radical (unpaired) electrons. The first kappa shape index (κ1) is 14.3. The molecule has 1 aromatic heterocycles. The van der Waals surface area contributed by atoms with Crippen LogP contribution in [0.25, 0.3) is 0 Å². The molecule has 0 aliphatic heterocycles. The van der Waals surface area contributed by atoms with Crippen molar-refractivity contribution >= 4 is 16.5 Å². The minimum atomic E-state index is 0.520. The lowest BCUT2D eigenvalue weighted by molar-refractivity contribution is 0.674. The Morgan fingerprint density at radius 2 is 1.80 bits per heavy atom. The lowest BCUT2D eigenvalue weighted by Gasteiger charge is -2.21. The third-order valence-corrected chi connectivity index (χ3v) is 5.35. The summed E-state index contributed by atoms with van der Waals surface area (Å²) < 4.78 is 0.